The fourth-order valence-corrected chi connectivity index (χ4v) is 2.54. The van der Waals surface area contributed by atoms with E-state index in [4.69, 9.17) is 0 Å². The zero-order valence-corrected chi connectivity index (χ0v) is 11.9. The zero-order chi connectivity index (χ0) is 13.2. The lowest BCUT2D eigenvalue weighted by Crippen LogP contribution is -1.84. The highest BCUT2D eigenvalue weighted by molar-refractivity contribution is 7.98. The minimum atomic E-state index is 1.06. The maximum absolute atomic E-state index is 4.61. The highest BCUT2D eigenvalue weighted by Gasteiger charge is 2.01. The van der Waals surface area contributed by atoms with Gasteiger partial charge in [0.2, 0.25) is 0 Å². The second-order valence-corrected chi connectivity index (χ2v) is 5.45. The van der Waals surface area contributed by atoms with Crippen LogP contribution in [0.3, 0.4) is 0 Å². The van der Waals surface area contributed by atoms with Crippen LogP contribution in [0.5, 0.6) is 0 Å². The van der Waals surface area contributed by atoms with Gasteiger partial charge in [-0.15, -0.1) is 11.8 Å². The monoisotopic (exact) mass is 265 g/mol. The molecule has 0 fully saturated rings. The van der Waals surface area contributed by atoms with Crippen molar-refractivity contribution in [1.82, 2.24) is 4.98 Å². The summed E-state index contributed by atoms with van der Waals surface area (Å²) in [5.74, 6) is 0. The van der Waals surface area contributed by atoms with Crippen LogP contribution in [0.25, 0.3) is 22.0 Å². The maximum Gasteiger partial charge on any atom is 0.0964 e. The molecule has 0 N–H and O–H groups in total. The Kier molecular flexibility index (Phi) is 3.26. The van der Waals surface area contributed by atoms with E-state index in [1.807, 2.05) is 0 Å². The van der Waals surface area contributed by atoms with E-state index >= 15 is 0 Å². The quantitative estimate of drug-likeness (QED) is 0.609. The van der Waals surface area contributed by atoms with Crippen LogP contribution < -0.4 is 0 Å². The maximum atomic E-state index is 4.61. The van der Waals surface area contributed by atoms with Crippen molar-refractivity contribution in [2.75, 3.05) is 6.26 Å². The molecular formula is C17H15NS. The lowest BCUT2D eigenvalue weighted by molar-refractivity contribution is 1.19. The largest absolute Gasteiger partial charge is 0.242 e. The Hall–Kier alpha value is -1.80. The topological polar surface area (TPSA) is 12.9 Å². The number of rotatable bonds is 2. The molecule has 0 aliphatic rings. The van der Waals surface area contributed by atoms with Crippen LogP contribution in [0.2, 0.25) is 0 Å². The summed E-state index contributed by atoms with van der Waals surface area (Å²) in [5.41, 5.74) is 4.84. The Balaban J connectivity index is 2.08. The van der Waals surface area contributed by atoms with E-state index in [1.54, 1.807) is 11.8 Å². The SMILES string of the molecule is CSc1ccc2cc(-c3ccc(C)cc3)ccc2n1. The molecule has 2 heteroatoms. The van der Waals surface area contributed by atoms with Crippen LogP contribution in [-0.4, -0.2) is 11.2 Å². The molecule has 3 aromatic rings. The van der Waals surface area contributed by atoms with Gasteiger partial charge < -0.3 is 0 Å². The van der Waals surface area contributed by atoms with Crippen molar-refractivity contribution in [3.63, 3.8) is 0 Å². The number of fused-ring (bicyclic) bond motifs is 1. The number of hydrogen-bond donors (Lipinski definition) is 0. The third-order valence-electron chi connectivity index (χ3n) is 3.26. The minimum absolute atomic E-state index is 1.06. The number of thioether (sulfide) groups is 1. The second-order valence-electron chi connectivity index (χ2n) is 4.63. The number of nitrogens with zero attached hydrogens (tertiary/aromatic N) is 1. The van der Waals surface area contributed by atoms with Gasteiger partial charge >= 0.3 is 0 Å². The van der Waals surface area contributed by atoms with Crippen LogP contribution in [0.1, 0.15) is 5.56 Å². The molecule has 0 radical (unpaired) electrons. The molecule has 19 heavy (non-hydrogen) atoms. The van der Waals surface area contributed by atoms with Gasteiger partial charge in [0.1, 0.15) is 0 Å². The smallest absolute Gasteiger partial charge is 0.0964 e. The molecule has 2 aromatic carbocycles. The minimum Gasteiger partial charge on any atom is -0.242 e. The Morgan fingerprint density at radius 2 is 1.58 bits per heavy atom. The summed E-state index contributed by atoms with van der Waals surface area (Å²) in [5, 5.41) is 2.26. The van der Waals surface area contributed by atoms with Gasteiger partial charge in [0, 0.05) is 5.39 Å². The molecule has 1 heterocycles. The average Bonchev–Trinajstić information content (AvgIpc) is 2.47. The van der Waals surface area contributed by atoms with Crippen molar-refractivity contribution in [1.29, 1.82) is 0 Å². The van der Waals surface area contributed by atoms with Crippen LogP contribution in [-0.2, 0) is 0 Å². The van der Waals surface area contributed by atoms with Gasteiger partial charge in [-0.25, -0.2) is 4.98 Å². The first kappa shape index (κ1) is 12.2. The molecule has 1 aromatic heterocycles. The molecule has 1 nitrogen and oxygen atoms in total. The molecule has 0 aliphatic carbocycles. The van der Waals surface area contributed by atoms with Gasteiger partial charge in [0.05, 0.1) is 10.5 Å². The third-order valence-corrected chi connectivity index (χ3v) is 3.90. The molecule has 0 atom stereocenters. The summed E-state index contributed by atoms with van der Waals surface area (Å²) in [6, 6.07) is 19.3. The van der Waals surface area contributed by atoms with E-state index in [1.165, 1.54) is 22.1 Å². The molecule has 0 unspecified atom stereocenters. The first-order valence-corrected chi connectivity index (χ1v) is 7.50. The molecule has 0 aliphatic heterocycles. The number of aryl methyl sites for hydroxylation is 1. The van der Waals surface area contributed by atoms with Crippen LogP contribution >= 0.6 is 11.8 Å². The van der Waals surface area contributed by atoms with Gasteiger partial charge in [-0.2, -0.15) is 0 Å². The van der Waals surface area contributed by atoms with Crippen LogP contribution in [0.4, 0.5) is 0 Å². The molecule has 0 amide bonds. The lowest BCUT2D eigenvalue weighted by Gasteiger charge is -2.05. The van der Waals surface area contributed by atoms with Crippen LogP contribution in [0, 0.1) is 6.92 Å². The Bertz CT molecular complexity index is 717. The summed E-state index contributed by atoms with van der Waals surface area (Å²) in [6.45, 7) is 2.11. The van der Waals surface area contributed by atoms with Crippen molar-refractivity contribution in [2.45, 2.75) is 11.9 Å². The van der Waals surface area contributed by atoms with E-state index in [9.17, 15) is 0 Å². The van der Waals surface area contributed by atoms with Crippen LogP contribution in [0.15, 0.2) is 59.6 Å². The van der Waals surface area contributed by atoms with Crippen molar-refractivity contribution in [2.24, 2.45) is 0 Å². The van der Waals surface area contributed by atoms with E-state index in [0.717, 1.165) is 10.5 Å². The van der Waals surface area contributed by atoms with Crippen molar-refractivity contribution < 1.29 is 0 Å². The highest BCUT2D eigenvalue weighted by Crippen LogP contribution is 2.25. The molecule has 0 bridgehead atoms. The second kappa shape index (κ2) is 5.06. The number of pyridine rings is 1. The zero-order valence-electron chi connectivity index (χ0n) is 11.1. The summed E-state index contributed by atoms with van der Waals surface area (Å²) < 4.78 is 0. The lowest BCUT2D eigenvalue weighted by atomic mass is 10.0. The van der Waals surface area contributed by atoms with Crippen molar-refractivity contribution in [3.8, 4) is 11.1 Å². The molecule has 0 spiro atoms. The fraction of sp³-hybridized carbons (Fsp3) is 0.118. The first-order chi connectivity index (χ1) is 9.26. The van der Waals surface area contributed by atoms with Gasteiger partial charge in [-0.05, 0) is 42.5 Å². The number of aromatic nitrogens is 1. The summed E-state index contributed by atoms with van der Waals surface area (Å²) in [4.78, 5) is 4.61. The Morgan fingerprint density at radius 1 is 0.842 bits per heavy atom. The van der Waals surface area contributed by atoms with E-state index in [0.29, 0.717) is 0 Å². The van der Waals surface area contributed by atoms with Gasteiger partial charge in [-0.3, -0.25) is 0 Å². The molecule has 0 saturated carbocycles. The number of hydrogen-bond acceptors (Lipinski definition) is 2. The normalized spacial score (nSPS) is 10.8. The van der Waals surface area contributed by atoms with Crippen molar-refractivity contribution >= 4 is 22.7 Å². The van der Waals surface area contributed by atoms with Gasteiger partial charge in [0.15, 0.2) is 0 Å². The van der Waals surface area contributed by atoms with E-state index < -0.39 is 0 Å². The summed E-state index contributed by atoms with van der Waals surface area (Å²) in [6.07, 6.45) is 2.05. The van der Waals surface area contributed by atoms with Gasteiger partial charge in [0.25, 0.3) is 0 Å². The number of benzene rings is 2. The Labute approximate surface area is 117 Å². The summed E-state index contributed by atoms with van der Waals surface area (Å²) >= 11 is 1.67. The predicted octanol–water partition coefficient (Wildman–Crippen LogP) is 4.93. The highest BCUT2D eigenvalue weighted by atomic mass is 32.2. The average molecular weight is 265 g/mol. The molecule has 94 valence electrons. The van der Waals surface area contributed by atoms with E-state index in [2.05, 4.69) is 72.8 Å². The third kappa shape index (κ3) is 2.49. The molecule has 0 saturated heterocycles. The van der Waals surface area contributed by atoms with Crippen molar-refractivity contribution in [3.05, 3.63) is 60.2 Å². The van der Waals surface area contributed by atoms with E-state index in [-0.39, 0.29) is 0 Å². The van der Waals surface area contributed by atoms with Gasteiger partial charge in [-0.1, -0.05) is 42.0 Å². The molecular weight excluding hydrogens is 250 g/mol. The fourth-order valence-electron chi connectivity index (χ4n) is 2.15. The molecule has 3 rings (SSSR count). The summed E-state index contributed by atoms with van der Waals surface area (Å²) in [7, 11) is 0. The first-order valence-electron chi connectivity index (χ1n) is 6.28. The standard InChI is InChI=1S/C17H15NS/c1-12-3-5-13(6-4-12)14-7-9-16-15(11-14)8-10-17(18-16)19-2/h3-11H,1-2H3. The Morgan fingerprint density at radius 3 is 2.32 bits per heavy atom. The predicted molar refractivity (Wildman–Crippen MR) is 83.7 cm³/mol.